The zero-order valence-corrected chi connectivity index (χ0v) is 10.8. The highest BCUT2D eigenvalue weighted by Crippen LogP contribution is 2.30. The summed E-state index contributed by atoms with van der Waals surface area (Å²) in [7, 11) is 0. The van der Waals surface area contributed by atoms with Crippen molar-refractivity contribution >= 4 is 22.6 Å². The number of benzene rings is 2. The van der Waals surface area contributed by atoms with Gasteiger partial charge in [0.15, 0.2) is 23.3 Å². The van der Waals surface area contributed by atoms with Gasteiger partial charge in [0.05, 0.1) is 0 Å². The number of para-hydroxylation sites is 1. The molecule has 8 heteroatoms. The van der Waals surface area contributed by atoms with Crippen molar-refractivity contribution in [2.45, 2.75) is 0 Å². The molecular weight excluding hydrogens is 317 g/mol. The number of hydrogen-bond acceptors (Lipinski definition) is 2. The summed E-state index contributed by atoms with van der Waals surface area (Å²) in [4.78, 5) is 3.08. The van der Waals surface area contributed by atoms with E-state index in [-0.39, 0.29) is 5.75 Å². The molecule has 2 nitrogen and oxygen atoms in total. The third-order valence-electron chi connectivity index (χ3n) is 2.33. The normalized spacial score (nSPS) is 11.6. The van der Waals surface area contributed by atoms with Crippen LogP contribution in [-0.4, -0.2) is 5.36 Å². The molecule has 0 saturated carbocycles. The molecule has 21 heavy (non-hydrogen) atoms. The Bertz CT molecular complexity index is 676. The number of aliphatic imine (C=N–C) groups is 1. The number of hydrogen-bond donors (Lipinski definition) is 0. The van der Waals surface area contributed by atoms with Gasteiger partial charge >= 0.3 is 0 Å². The minimum Gasteiger partial charge on any atom is -0.430 e. The van der Waals surface area contributed by atoms with Crippen LogP contribution in [-0.2, 0) is 0 Å². The lowest BCUT2D eigenvalue weighted by molar-refractivity contribution is 0.380. The van der Waals surface area contributed by atoms with E-state index in [0.29, 0.717) is 0 Å². The van der Waals surface area contributed by atoms with Crippen LogP contribution in [0.4, 0.5) is 27.6 Å². The van der Waals surface area contributed by atoms with E-state index in [0.717, 1.165) is 0 Å². The van der Waals surface area contributed by atoms with Crippen molar-refractivity contribution in [3.8, 4) is 5.75 Å². The summed E-state index contributed by atoms with van der Waals surface area (Å²) in [5, 5.41) is -0.801. The Morgan fingerprint density at radius 3 is 1.81 bits per heavy atom. The summed E-state index contributed by atoms with van der Waals surface area (Å²) in [6.45, 7) is 0. The summed E-state index contributed by atoms with van der Waals surface area (Å²) in [5.41, 5.74) is -1.42. The molecule has 0 aliphatic carbocycles. The van der Waals surface area contributed by atoms with Crippen LogP contribution in [0, 0.1) is 29.1 Å². The van der Waals surface area contributed by atoms with Gasteiger partial charge in [0.25, 0.3) is 5.36 Å². The summed E-state index contributed by atoms with van der Waals surface area (Å²) in [5.74, 6) is -10.5. The summed E-state index contributed by atoms with van der Waals surface area (Å²) < 4.78 is 70.4. The van der Waals surface area contributed by atoms with Crippen LogP contribution >= 0.6 is 11.6 Å². The molecule has 0 unspecified atom stereocenters. The van der Waals surface area contributed by atoms with E-state index < -0.39 is 40.1 Å². The lowest BCUT2D eigenvalue weighted by atomic mass is 10.2. The van der Waals surface area contributed by atoms with E-state index in [4.69, 9.17) is 16.3 Å². The quantitative estimate of drug-likeness (QED) is 0.258. The molecule has 0 aromatic heterocycles. The van der Waals surface area contributed by atoms with E-state index in [9.17, 15) is 22.0 Å². The molecule has 0 aliphatic rings. The molecule has 0 amide bonds. The van der Waals surface area contributed by atoms with Crippen LogP contribution in [0.2, 0.25) is 0 Å². The molecule has 2 aromatic carbocycles. The first-order valence-corrected chi connectivity index (χ1v) is 5.78. The Kier molecular flexibility index (Phi) is 4.42. The predicted molar refractivity (Wildman–Crippen MR) is 66.2 cm³/mol. The number of halogens is 6. The van der Waals surface area contributed by atoms with Crippen LogP contribution < -0.4 is 4.74 Å². The second-order valence-corrected chi connectivity index (χ2v) is 4.02. The van der Waals surface area contributed by atoms with Gasteiger partial charge in [-0.25, -0.2) is 22.0 Å². The van der Waals surface area contributed by atoms with Gasteiger partial charge in [-0.3, -0.25) is 0 Å². The van der Waals surface area contributed by atoms with Gasteiger partial charge < -0.3 is 4.74 Å². The van der Waals surface area contributed by atoms with E-state index in [2.05, 4.69) is 4.99 Å². The predicted octanol–water partition coefficient (Wildman–Crippen LogP) is 4.69. The molecule has 0 N–H and O–H groups in total. The van der Waals surface area contributed by atoms with Crippen LogP contribution in [0.15, 0.2) is 35.3 Å². The number of rotatable bonds is 2. The molecule has 0 bridgehead atoms. The first-order chi connectivity index (χ1) is 9.91. The van der Waals surface area contributed by atoms with Gasteiger partial charge in [0, 0.05) is 0 Å². The fraction of sp³-hybridized carbons (Fsp3) is 0. The smallest absolute Gasteiger partial charge is 0.293 e. The van der Waals surface area contributed by atoms with Crippen molar-refractivity contribution in [2.75, 3.05) is 0 Å². The fourth-order valence-electron chi connectivity index (χ4n) is 1.39. The van der Waals surface area contributed by atoms with Crippen molar-refractivity contribution in [3.05, 3.63) is 59.4 Å². The zero-order chi connectivity index (χ0) is 15.6. The molecule has 0 heterocycles. The molecule has 2 aromatic rings. The van der Waals surface area contributed by atoms with Crippen molar-refractivity contribution in [3.63, 3.8) is 0 Å². The van der Waals surface area contributed by atoms with Gasteiger partial charge in [-0.2, -0.15) is 4.99 Å². The maximum Gasteiger partial charge on any atom is 0.293 e. The number of nitrogens with zero attached hydrogens (tertiary/aromatic N) is 1. The lowest BCUT2D eigenvalue weighted by Crippen LogP contribution is -2.04. The second kappa shape index (κ2) is 6.09. The Morgan fingerprint density at radius 2 is 1.29 bits per heavy atom. The van der Waals surface area contributed by atoms with Crippen molar-refractivity contribution in [1.29, 1.82) is 0 Å². The molecule has 0 saturated heterocycles. The Morgan fingerprint density at radius 1 is 0.810 bits per heavy atom. The molecular formula is C13H5ClF5NO. The third kappa shape index (κ3) is 3.13. The van der Waals surface area contributed by atoms with Crippen LogP contribution in [0.5, 0.6) is 5.75 Å². The second-order valence-electron chi connectivity index (χ2n) is 3.70. The van der Waals surface area contributed by atoms with Crippen LogP contribution in [0.25, 0.3) is 0 Å². The highest BCUT2D eigenvalue weighted by atomic mass is 35.5. The average molecular weight is 322 g/mol. The summed E-state index contributed by atoms with van der Waals surface area (Å²) in [6.07, 6.45) is 0. The summed E-state index contributed by atoms with van der Waals surface area (Å²) in [6, 6.07) is 7.74. The zero-order valence-electron chi connectivity index (χ0n) is 10.0. The summed E-state index contributed by atoms with van der Waals surface area (Å²) >= 11 is 5.49. The Labute approximate surface area is 120 Å². The molecule has 2 rings (SSSR count). The monoisotopic (exact) mass is 321 g/mol. The third-order valence-corrected chi connectivity index (χ3v) is 2.49. The maximum absolute atomic E-state index is 13.4. The first kappa shape index (κ1) is 15.2. The van der Waals surface area contributed by atoms with E-state index >= 15 is 0 Å². The van der Waals surface area contributed by atoms with Crippen molar-refractivity contribution < 1.29 is 26.7 Å². The molecule has 0 aliphatic heterocycles. The molecule has 0 fully saturated rings. The van der Waals surface area contributed by atoms with Crippen molar-refractivity contribution in [1.82, 2.24) is 0 Å². The van der Waals surface area contributed by atoms with Crippen LogP contribution in [0.3, 0.4) is 0 Å². The maximum atomic E-state index is 13.4. The SMILES string of the molecule is Fc1c(F)c(F)c(N=C(Cl)Oc2ccccc2)c(F)c1F. The van der Waals surface area contributed by atoms with E-state index in [1.54, 1.807) is 18.2 Å². The minimum atomic E-state index is -2.27. The van der Waals surface area contributed by atoms with Gasteiger partial charge in [-0.1, -0.05) is 18.2 Å². The Balaban J connectivity index is 2.41. The van der Waals surface area contributed by atoms with Crippen molar-refractivity contribution in [2.24, 2.45) is 4.99 Å². The minimum absolute atomic E-state index is 0.176. The van der Waals surface area contributed by atoms with E-state index in [1.165, 1.54) is 12.1 Å². The van der Waals surface area contributed by atoms with Gasteiger partial charge in [0.1, 0.15) is 11.4 Å². The molecule has 0 spiro atoms. The first-order valence-electron chi connectivity index (χ1n) is 5.40. The molecule has 110 valence electrons. The fourth-order valence-corrected chi connectivity index (χ4v) is 1.56. The largest absolute Gasteiger partial charge is 0.430 e. The average Bonchev–Trinajstić information content (AvgIpc) is 2.48. The number of ether oxygens (including phenoxy) is 1. The highest BCUT2D eigenvalue weighted by molar-refractivity contribution is 6.63. The highest BCUT2D eigenvalue weighted by Gasteiger charge is 2.26. The van der Waals surface area contributed by atoms with Gasteiger partial charge in [-0.15, -0.1) is 0 Å². The van der Waals surface area contributed by atoms with E-state index in [1.807, 2.05) is 0 Å². The van der Waals surface area contributed by atoms with Gasteiger partial charge in [-0.05, 0) is 23.7 Å². The molecule has 0 atom stereocenters. The van der Waals surface area contributed by atoms with Gasteiger partial charge in [0.2, 0.25) is 5.82 Å². The Hall–Kier alpha value is -2.15. The lowest BCUT2D eigenvalue weighted by Gasteiger charge is -2.06. The standard InChI is InChI=1S/C13H5ClF5NO/c14-13(21-6-4-2-1-3-5-6)20-12-10(18)8(16)7(15)9(17)11(12)19/h1-5H. The van der Waals surface area contributed by atoms with Crippen LogP contribution in [0.1, 0.15) is 0 Å². The topological polar surface area (TPSA) is 21.6 Å². The molecule has 0 radical (unpaired) electrons.